The van der Waals surface area contributed by atoms with Gasteiger partial charge in [0.2, 0.25) is 11.7 Å². The lowest BCUT2D eigenvalue weighted by atomic mass is 9.73. The minimum atomic E-state index is -0.641. The van der Waals surface area contributed by atoms with E-state index in [2.05, 4.69) is 19.2 Å². The lowest BCUT2D eigenvalue weighted by Gasteiger charge is -2.37. The second kappa shape index (κ2) is 9.64. The summed E-state index contributed by atoms with van der Waals surface area (Å²) in [7, 11) is 4.67. The van der Waals surface area contributed by atoms with Crippen molar-refractivity contribution in [2.45, 2.75) is 52.5 Å². The zero-order valence-corrected chi connectivity index (χ0v) is 21.4. The standard InChI is InChI=1S/C28H34N2O5/c1-7-10-24(32)30-20-12-9-8-11-18(20)29-19-15-28(2,3)16-21(31)25(19)26(30)17-13-22(33-4)27(35-6)23(14-17)34-5/h8-9,11-14,26,29H,7,10,15-16H2,1-6H3. The average molecular weight is 479 g/mol. The first-order valence-electron chi connectivity index (χ1n) is 12.0. The minimum absolute atomic E-state index is 0.0320. The van der Waals surface area contributed by atoms with Gasteiger partial charge in [0.05, 0.1) is 38.7 Å². The van der Waals surface area contributed by atoms with E-state index in [0.29, 0.717) is 48.5 Å². The van der Waals surface area contributed by atoms with Crippen LogP contribution >= 0.6 is 0 Å². The zero-order chi connectivity index (χ0) is 25.3. The fourth-order valence-electron chi connectivity index (χ4n) is 5.17. The number of fused-ring (bicyclic) bond motifs is 1. The normalized spacial score (nSPS) is 18.7. The number of rotatable bonds is 6. The Hall–Kier alpha value is -3.48. The Morgan fingerprint density at radius 2 is 1.71 bits per heavy atom. The molecule has 1 atom stereocenters. The number of carbonyl (C=O) groups excluding carboxylic acids is 2. The van der Waals surface area contributed by atoms with Crippen molar-refractivity contribution < 1.29 is 23.8 Å². The Morgan fingerprint density at radius 3 is 2.31 bits per heavy atom. The smallest absolute Gasteiger partial charge is 0.227 e. The number of allylic oxidation sites excluding steroid dienone is 1. The summed E-state index contributed by atoms with van der Waals surface area (Å²) in [5.74, 6) is 1.39. The maximum atomic E-state index is 13.8. The number of Topliss-reactive ketones (excluding diaryl/α,β-unsaturated/α-hetero) is 1. The summed E-state index contributed by atoms with van der Waals surface area (Å²) < 4.78 is 16.8. The van der Waals surface area contributed by atoms with Crippen molar-refractivity contribution in [2.75, 3.05) is 31.5 Å². The molecule has 1 amide bonds. The predicted molar refractivity (Wildman–Crippen MR) is 136 cm³/mol. The van der Waals surface area contributed by atoms with Crippen molar-refractivity contribution in [1.29, 1.82) is 0 Å². The molecular formula is C28H34N2O5. The van der Waals surface area contributed by atoms with Crippen molar-refractivity contribution in [3.8, 4) is 17.2 Å². The summed E-state index contributed by atoms with van der Waals surface area (Å²) in [6, 6.07) is 10.8. The molecule has 0 fully saturated rings. The lowest BCUT2D eigenvalue weighted by molar-refractivity contribution is -0.119. The number of methoxy groups -OCH3 is 3. The van der Waals surface area contributed by atoms with Crippen LogP contribution in [-0.4, -0.2) is 33.0 Å². The van der Waals surface area contributed by atoms with E-state index < -0.39 is 6.04 Å². The van der Waals surface area contributed by atoms with E-state index >= 15 is 0 Å². The van der Waals surface area contributed by atoms with E-state index in [-0.39, 0.29) is 17.1 Å². The van der Waals surface area contributed by atoms with Crippen LogP contribution in [0.5, 0.6) is 17.2 Å². The topological polar surface area (TPSA) is 77.1 Å². The third-order valence-electron chi connectivity index (χ3n) is 6.64. The zero-order valence-electron chi connectivity index (χ0n) is 21.4. The highest BCUT2D eigenvalue weighted by molar-refractivity contribution is 6.06. The van der Waals surface area contributed by atoms with Crippen molar-refractivity contribution in [1.82, 2.24) is 0 Å². The molecule has 2 aliphatic rings. The second-order valence-corrected chi connectivity index (χ2v) is 9.85. The molecule has 7 nitrogen and oxygen atoms in total. The minimum Gasteiger partial charge on any atom is -0.493 e. The van der Waals surface area contributed by atoms with Gasteiger partial charge in [-0.2, -0.15) is 0 Å². The number of nitrogens with zero attached hydrogens (tertiary/aromatic N) is 1. The fraction of sp³-hybridized carbons (Fsp3) is 0.429. The first-order valence-corrected chi connectivity index (χ1v) is 12.0. The molecule has 0 aromatic heterocycles. The summed E-state index contributed by atoms with van der Waals surface area (Å²) >= 11 is 0. The molecule has 4 rings (SSSR count). The van der Waals surface area contributed by atoms with Crippen LogP contribution in [0.4, 0.5) is 11.4 Å². The summed E-state index contributed by atoms with van der Waals surface area (Å²) in [6.07, 6.45) is 2.15. The maximum absolute atomic E-state index is 13.8. The Morgan fingerprint density at radius 1 is 1.06 bits per heavy atom. The third-order valence-corrected chi connectivity index (χ3v) is 6.64. The fourth-order valence-corrected chi connectivity index (χ4v) is 5.17. The molecule has 0 spiro atoms. The van der Waals surface area contributed by atoms with Gasteiger partial charge in [-0.25, -0.2) is 0 Å². The molecule has 35 heavy (non-hydrogen) atoms. The van der Waals surface area contributed by atoms with E-state index in [0.717, 1.165) is 22.6 Å². The molecule has 2 aromatic carbocycles. The molecule has 1 aliphatic heterocycles. The van der Waals surface area contributed by atoms with Crippen LogP contribution in [0.25, 0.3) is 0 Å². The van der Waals surface area contributed by atoms with Crippen LogP contribution in [0, 0.1) is 5.41 Å². The lowest BCUT2D eigenvalue weighted by Crippen LogP contribution is -2.39. The van der Waals surface area contributed by atoms with Crippen molar-refractivity contribution in [3.63, 3.8) is 0 Å². The summed E-state index contributed by atoms with van der Waals surface area (Å²) in [4.78, 5) is 29.3. The van der Waals surface area contributed by atoms with Crippen LogP contribution in [0.3, 0.4) is 0 Å². The number of benzene rings is 2. The molecule has 0 radical (unpaired) electrons. The quantitative estimate of drug-likeness (QED) is 0.578. The van der Waals surface area contributed by atoms with E-state index in [4.69, 9.17) is 14.2 Å². The van der Waals surface area contributed by atoms with Crippen molar-refractivity contribution in [3.05, 3.63) is 53.2 Å². The third kappa shape index (κ3) is 4.47. The highest BCUT2D eigenvalue weighted by atomic mass is 16.5. The van der Waals surface area contributed by atoms with E-state index in [1.54, 1.807) is 26.2 Å². The molecule has 1 unspecified atom stereocenters. The van der Waals surface area contributed by atoms with Gasteiger partial charge in [-0.05, 0) is 48.1 Å². The Balaban J connectivity index is 2.05. The maximum Gasteiger partial charge on any atom is 0.227 e. The first kappa shape index (κ1) is 24.6. The Kier molecular flexibility index (Phi) is 6.79. The van der Waals surface area contributed by atoms with Gasteiger partial charge in [0.1, 0.15) is 0 Å². The number of ketones is 1. The van der Waals surface area contributed by atoms with Crippen LogP contribution < -0.4 is 24.4 Å². The summed E-state index contributed by atoms with van der Waals surface area (Å²) in [5.41, 5.74) is 3.54. The van der Waals surface area contributed by atoms with Crippen LogP contribution in [0.1, 0.15) is 58.1 Å². The Labute approximate surface area is 207 Å². The van der Waals surface area contributed by atoms with Crippen LogP contribution in [0.15, 0.2) is 47.7 Å². The number of hydrogen-bond acceptors (Lipinski definition) is 6. The number of amides is 1. The molecule has 0 saturated heterocycles. The van der Waals surface area contributed by atoms with Gasteiger partial charge in [0.15, 0.2) is 17.3 Å². The number of ether oxygens (including phenoxy) is 3. The van der Waals surface area contributed by atoms with Crippen molar-refractivity contribution in [2.24, 2.45) is 5.41 Å². The molecule has 0 saturated carbocycles. The van der Waals surface area contributed by atoms with Gasteiger partial charge >= 0.3 is 0 Å². The number of carbonyl (C=O) groups is 2. The van der Waals surface area contributed by atoms with Crippen LogP contribution in [-0.2, 0) is 9.59 Å². The molecule has 2 aromatic rings. The SMILES string of the molecule is CCCC(=O)N1c2ccccc2NC2=C(C(=O)CC(C)(C)C2)C1c1cc(OC)c(OC)c(OC)c1. The second-order valence-electron chi connectivity index (χ2n) is 9.85. The number of hydrogen-bond donors (Lipinski definition) is 1. The largest absolute Gasteiger partial charge is 0.493 e. The van der Waals surface area contributed by atoms with Gasteiger partial charge in [-0.1, -0.05) is 32.9 Å². The number of anilines is 2. The predicted octanol–water partition coefficient (Wildman–Crippen LogP) is 5.66. The molecule has 0 bridgehead atoms. The first-order chi connectivity index (χ1) is 16.7. The van der Waals surface area contributed by atoms with Gasteiger partial charge in [-0.15, -0.1) is 0 Å². The van der Waals surface area contributed by atoms with Gasteiger partial charge in [-0.3, -0.25) is 14.5 Å². The molecule has 7 heteroatoms. The Bertz CT molecular complexity index is 1160. The van der Waals surface area contributed by atoms with E-state index in [1.807, 2.05) is 43.3 Å². The molecule has 186 valence electrons. The molecule has 1 N–H and O–H groups in total. The highest BCUT2D eigenvalue weighted by Gasteiger charge is 2.43. The molecule has 1 heterocycles. The average Bonchev–Trinajstić information content (AvgIpc) is 2.96. The molecular weight excluding hydrogens is 444 g/mol. The summed E-state index contributed by atoms with van der Waals surface area (Å²) in [5, 5.41) is 3.53. The number of nitrogens with one attached hydrogen (secondary N) is 1. The van der Waals surface area contributed by atoms with Gasteiger partial charge in [0.25, 0.3) is 0 Å². The van der Waals surface area contributed by atoms with Crippen LogP contribution in [0.2, 0.25) is 0 Å². The monoisotopic (exact) mass is 478 g/mol. The molecule has 1 aliphatic carbocycles. The van der Waals surface area contributed by atoms with Crippen molar-refractivity contribution >= 4 is 23.1 Å². The van der Waals surface area contributed by atoms with E-state index in [1.165, 1.54) is 0 Å². The van der Waals surface area contributed by atoms with Gasteiger partial charge < -0.3 is 19.5 Å². The highest BCUT2D eigenvalue weighted by Crippen LogP contribution is 2.50. The van der Waals surface area contributed by atoms with Gasteiger partial charge in [0, 0.05) is 24.1 Å². The summed E-state index contributed by atoms with van der Waals surface area (Å²) in [6.45, 7) is 6.18. The van der Waals surface area contributed by atoms with E-state index in [9.17, 15) is 9.59 Å². The number of para-hydroxylation sites is 2.